The van der Waals surface area contributed by atoms with Crippen LogP contribution in [0.25, 0.3) is 52.7 Å². The number of halogens is 2. The SMILES string of the molecule is Fc1ccc2nsnc2c1-c1cc2c(s1)-c1sc(-c3c(F)ccc4nsnc34)cc1C21OCCO1. The van der Waals surface area contributed by atoms with Crippen molar-refractivity contribution in [3.63, 3.8) is 0 Å². The van der Waals surface area contributed by atoms with Crippen LogP contribution in [0.3, 0.4) is 0 Å². The van der Waals surface area contributed by atoms with Crippen molar-refractivity contribution >= 4 is 68.2 Å². The molecule has 6 nitrogen and oxygen atoms in total. The van der Waals surface area contributed by atoms with Gasteiger partial charge in [0.1, 0.15) is 33.7 Å². The van der Waals surface area contributed by atoms with Crippen LogP contribution in [0.15, 0.2) is 36.4 Å². The smallest absolute Gasteiger partial charge is 0.225 e. The van der Waals surface area contributed by atoms with Crippen molar-refractivity contribution < 1.29 is 18.3 Å². The van der Waals surface area contributed by atoms with Gasteiger partial charge >= 0.3 is 0 Å². The zero-order valence-electron chi connectivity index (χ0n) is 17.4. The highest BCUT2D eigenvalue weighted by Crippen LogP contribution is 2.60. The van der Waals surface area contributed by atoms with Crippen LogP contribution >= 0.6 is 46.1 Å². The van der Waals surface area contributed by atoms with Gasteiger partial charge in [0.25, 0.3) is 0 Å². The third-order valence-electron chi connectivity index (χ3n) is 6.32. The minimum Gasteiger partial charge on any atom is -0.340 e. The van der Waals surface area contributed by atoms with Crippen molar-refractivity contribution in [2.75, 3.05) is 13.2 Å². The van der Waals surface area contributed by atoms with Crippen LogP contribution in [0.2, 0.25) is 0 Å². The van der Waals surface area contributed by atoms with Gasteiger partial charge in [0, 0.05) is 20.9 Å². The van der Waals surface area contributed by atoms with Crippen LogP contribution < -0.4 is 0 Å². The summed E-state index contributed by atoms with van der Waals surface area (Å²) in [6, 6.07) is 9.97. The maximum atomic E-state index is 15.0. The minimum atomic E-state index is -1.09. The van der Waals surface area contributed by atoms with Crippen molar-refractivity contribution in [1.82, 2.24) is 17.5 Å². The molecule has 5 heterocycles. The molecule has 12 heteroatoms. The molecule has 1 aliphatic heterocycles. The van der Waals surface area contributed by atoms with Gasteiger partial charge in [-0.05, 0) is 36.4 Å². The summed E-state index contributed by atoms with van der Waals surface area (Å²) in [5.41, 5.74) is 4.92. The van der Waals surface area contributed by atoms with Gasteiger partial charge in [-0.3, -0.25) is 0 Å². The fraction of sp³-hybridized carbons (Fsp3) is 0.130. The summed E-state index contributed by atoms with van der Waals surface area (Å²) in [7, 11) is 0. The first kappa shape index (κ1) is 20.5. The van der Waals surface area contributed by atoms with Crippen LogP contribution in [-0.4, -0.2) is 30.7 Å². The van der Waals surface area contributed by atoms with Gasteiger partial charge in [-0.25, -0.2) is 8.78 Å². The molecular weight excluding hydrogens is 531 g/mol. The Kier molecular flexibility index (Phi) is 4.18. The summed E-state index contributed by atoms with van der Waals surface area (Å²) >= 11 is 5.03. The number of hydrogen-bond donors (Lipinski definition) is 0. The van der Waals surface area contributed by atoms with E-state index in [4.69, 9.17) is 9.47 Å². The van der Waals surface area contributed by atoms with Gasteiger partial charge in [-0.1, -0.05) is 0 Å². The van der Waals surface area contributed by atoms with E-state index in [2.05, 4.69) is 17.5 Å². The van der Waals surface area contributed by atoms with Gasteiger partial charge in [0.15, 0.2) is 0 Å². The fourth-order valence-electron chi connectivity index (χ4n) is 4.85. The van der Waals surface area contributed by atoms with Crippen LogP contribution in [0.5, 0.6) is 0 Å². The monoisotopic (exact) mass is 540 g/mol. The molecule has 0 saturated carbocycles. The molecule has 4 aromatic heterocycles. The Labute approximate surface area is 212 Å². The van der Waals surface area contributed by atoms with E-state index in [1.807, 2.05) is 12.1 Å². The quantitative estimate of drug-likeness (QED) is 0.245. The Morgan fingerprint density at radius 3 is 1.66 bits per heavy atom. The zero-order valence-corrected chi connectivity index (χ0v) is 20.6. The maximum Gasteiger partial charge on any atom is 0.225 e. The predicted molar refractivity (Wildman–Crippen MR) is 133 cm³/mol. The molecule has 0 N–H and O–H groups in total. The first-order chi connectivity index (χ1) is 17.1. The Hall–Kier alpha value is -2.74. The van der Waals surface area contributed by atoms with E-state index >= 15 is 8.78 Å². The highest BCUT2D eigenvalue weighted by atomic mass is 32.1. The molecule has 0 unspecified atom stereocenters. The topological polar surface area (TPSA) is 70.0 Å². The number of benzene rings is 2. The average molecular weight is 541 g/mol. The maximum absolute atomic E-state index is 15.0. The number of fused-ring (bicyclic) bond motifs is 7. The summed E-state index contributed by atoms with van der Waals surface area (Å²) in [6.45, 7) is 0.851. The zero-order chi connectivity index (χ0) is 23.3. The molecule has 0 atom stereocenters. The molecule has 2 aliphatic rings. The second-order valence-electron chi connectivity index (χ2n) is 8.13. The number of ether oxygens (including phenoxy) is 2. The fourth-order valence-corrected chi connectivity index (χ4v) is 8.58. The van der Waals surface area contributed by atoms with Crippen molar-refractivity contribution in [3.8, 4) is 30.6 Å². The van der Waals surface area contributed by atoms with E-state index in [1.54, 1.807) is 12.1 Å². The third kappa shape index (κ3) is 2.66. The second-order valence-corrected chi connectivity index (χ2v) is 11.3. The second kappa shape index (κ2) is 7.15. The van der Waals surface area contributed by atoms with Gasteiger partial charge in [0.2, 0.25) is 5.79 Å². The lowest BCUT2D eigenvalue weighted by molar-refractivity contribution is -0.126. The van der Waals surface area contributed by atoms with E-state index in [9.17, 15) is 0 Å². The van der Waals surface area contributed by atoms with Crippen LogP contribution in [0.4, 0.5) is 8.78 Å². The van der Waals surface area contributed by atoms with Gasteiger partial charge in [-0.15, -0.1) is 22.7 Å². The van der Waals surface area contributed by atoms with Crippen LogP contribution in [-0.2, 0) is 15.3 Å². The molecule has 1 spiro atoms. The van der Waals surface area contributed by atoms with Crippen molar-refractivity contribution in [1.29, 1.82) is 0 Å². The van der Waals surface area contributed by atoms with E-state index in [-0.39, 0.29) is 11.6 Å². The summed E-state index contributed by atoms with van der Waals surface area (Å²) in [5, 5.41) is 0. The number of rotatable bonds is 2. The molecule has 0 bridgehead atoms. The predicted octanol–water partition coefficient (Wildman–Crippen LogP) is 6.66. The van der Waals surface area contributed by atoms with E-state index in [0.29, 0.717) is 46.4 Å². The summed E-state index contributed by atoms with van der Waals surface area (Å²) in [5.74, 6) is -1.81. The lowest BCUT2D eigenvalue weighted by Gasteiger charge is -2.23. The van der Waals surface area contributed by atoms with Crippen molar-refractivity contribution in [3.05, 3.63) is 59.2 Å². The Bertz CT molecular complexity index is 1690. The minimum absolute atomic E-state index is 0.357. The van der Waals surface area contributed by atoms with Crippen LogP contribution in [0, 0.1) is 11.6 Å². The lowest BCUT2D eigenvalue weighted by atomic mass is 10.0. The molecule has 172 valence electrons. The van der Waals surface area contributed by atoms with Crippen molar-refractivity contribution in [2.45, 2.75) is 5.79 Å². The highest BCUT2D eigenvalue weighted by Gasteiger charge is 2.51. The molecule has 0 radical (unpaired) electrons. The molecular formula is C23H10F2N4O2S4. The summed E-state index contributed by atoms with van der Waals surface area (Å²) < 4.78 is 59.7. The van der Waals surface area contributed by atoms with Gasteiger partial charge in [0.05, 0.1) is 57.6 Å². The first-order valence-electron chi connectivity index (χ1n) is 10.5. The van der Waals surface area contributed by atoms with Gasteiger partial charge in [-0.2, -0.15) is 17.5 Å². The van der Waals surface area contributed by atoms with E-state index in [1.165, 1.54) is 34.8 Å². The summed E-state index contributed by atoms with van der Waals surface area (Å²) in [6.07, 6.45) is 0. The number of hydrogen-bond acceptors (Lipinski definition) is 10. The summed E-state index contributed by atoms with van der Waals surface area (Å²) in [4.78, 5) is 3.30. The molecule has 6 aromatic rings. The average Bonchev–Trinajstić information content (AvgIpc) is 3.67. The van der Waals surface area contributed by atoms with E-state index < -0.39 is 5.79 Å². The molecule has 0 amide bonds. The lowest BCUT2D eigenvalue weighted by Crippen LogP contribution is -2.25. The third-order valence-corrected chi connectivity index (χ3v) is 9.87. The molecule has 8 rings (SSSR count). The number of nitrogens with zero attached hydrogens (tertiary/aromatic N) is 4. The van der Waals surface area contributed by atoms with Gasteiger partial charge < -0.3 is 9.47 Å². The molecule has 2 aromatic carbocycles. The molecule has 1 fully saturated rings. The number of thiophene rings is 2. The Morgan fingerprint density at radius 2 is 1.17 bits per heavy atom. The van der Waals surface area contributed by atoms with Crippen molar-refractivity contribution in [2.24, 2.45) is 0 Å². The van der Waals surface area contributed by atoms with E-state index in [0.717, 1.165) is 54.1 Å². The Morgan fingerprint density at radius 1 is 0.686 bits per heavy atom. The standard InChI is InChI=1S/C23H10F2N4O2S4/c24-11-1-3-13-19(28-34-26-13)17(11)15-7-9-21(32-15)22-10(23(9)30-5-6-31-23)8-16(33-22)18-12(25)2-4-14-20(18)29-35-27-14/h1-4,7-8H,5-6H2. The molecule has 35 heavy (non-hydrogen) atoms. The molecule has 1 aliphatic carbocycles. The largest absolute Gasteiger partial charge is 0.340 e. The normalized spacial score (nSPS) is 16.1. The highest BCUT2D eigenvalue weighted by molar-refractivity contribution is 7.26. The number of aromatic nitrogens is 4. The first-order valence-corrected chi connectivity index (χ1v) is 13.6. The van der Waals surface area contributed by atoms with Crippen LogP contribution in [0.1, 0.15) is 11.1 Å². The molecule has 1 saturated heterocycles. The Balaban J connectivity index is 1.37.